The second-order valence-electron chi connectivity index (χ2n) is 5.79. The molecule has 0 aliphatic rings. The zero-order valence-corrected chi connectivity index (χ0v) is 13.8. The van der Waals surface area contributed by atoms with Gasteiger partial charge in [0.1, 0.15) is 0 Å². The first kappa shape index (κ1) is 17.7. The summed E-state index contributed by atoms with van der Waals surface area (Å²) in [5, 5.41) is 18.1. The molecule has 0 fully saturated rings. The fourth-order valence-corrected chi connectivity index (χ4v) is 3.87. The van der Waals surface area contributed by atoms with Gasteiger partial charge in [-0.25, -0.2) is 0 Å². The van der Waals surface area contributed by atoms with Crippen molar-refractivity contribution < 1.29 is 19.8 Å². The van der Waals surface area contributed by atoms with Crippen LogP contribution < -0.4 is 0 Å². The Morgan fingerprint density at radius 3 is 2.14 bits per heavy atom. The molecule has 0 aliphatic heterocycles. The molecule has 0 saturated carbocycles. The number of carboxylic acid groups (broad SMARTS) is 2. The normalized spacial score (nSPS) is 11.6. The van der Waals surface area contributed by atoms with Crippen LogP contribution in [0.1, 0.15) is 54.3 Å². The van der Waals surface area contributed by atoms with Gasteiger partial charge in [0.25, 0.3) is 0 Å². The third-order valence-electron chi connectivity index (χ3n) is 4.10. The lowest BCUT2D eigenvalue weighted by Crippen LogP contribution is -2.27. The Morgan fingerprint density at radius 1 is 1.19 bits per heavy atom. The highest BCUT2D eigenvalue weighted by atomic mass is 32.1. The first-order chi connectivity index (χ1) is 9.78. The van der Waals surface area contributed by atoms with E-state index in [0.29, 0.717) is 12.8 Å². The SMILES string of the molecule is CCC(CCCc1cc(C)sc1C)(CC(=O)O)CC(=O)O. The Hall–Kier alpha value is -1.36. The number of carboxylic acids is 2. The van der Waals surface area contributed by atoms with Gasteiger partial charge in [0.15, 0.2) is 0 Å². The van der Waals surface area contributed by atoms with E-state index in [9.17, 15) is 9.59 Å². The molecule has 4 nitrogen and oxygen atoms in total. The van der Waals surface area contributed by atoms with Gasteiger partial charge in [-0.1, -0.05) is 6.92 Å². The van der Waals surface area contributed by atoms with Crippen molar-refractivity contribution in [1.82, 2.24) is 0 Å². The number of aryl methyl sites for hydroxylation is 3. The molecular weight excluding hydrogens is 288 g/mol. The molecule has 5 heteroatoms. The topological polar surface area (TPSA) is 74.6 Å². The van der Waals surface area contributed by atoms with Gasteiger partial charge < -0.3 is 10.2 Å². The summed E-state index contributed by atoms with van der Waals surface area (Å²) in [7, 11) is 0. The highest BCUT2D eigenvalue weighted by Gasteiger charge is 2.33. The summed E-state index contributed by atoms with van der Waals surface area (Å²) in [4.78, 5) is 24.7. The van der Waals surface area contributed by atoms with Crippen LogP contribution in [0.3, 0.4) is 0 Å². The van der Waals surface area contributed by atoms with Gasteiger partial charge in [0, 0.05) is 9.75 Å². The monoisotopic (exact) mass is 312 g/mol. The maximum Gasteiger partial charge on any atom is 0.303 e. The minimum atomic E-state index is -0.916. The van der Waals surface area contributed by atoms with Crippen LogP contribution in [0, 0.1) is 19.3 Å². The molecule has 0 bridgehead atoms. The highest BCUT2D eigenvalue weighted by Crippen LogP contribution is 2.37. The minimum Gasteiger partial charge on any atom is -0.481 e. The fraction of sp³-hybridized carbons (Fsp3) is 0.625. The second kappa shape index (κ2) is 7.59. The first-order valence-corrected chi connectivity index (χ1v) is 8.09. The van der Waals surface area contributed by atoms with Crippen LogP contribution in [0.25, 0.3) is 0 Å². The summed E-state index contributed by atoms with van der Waals surface area (Å²) in [5.41, 5.74) is 0.671. The molecular formula is C16H24O4S. The van der Waals surface area contributed by atoms with Gasteiger partial charge in [0.05, 0.1) is 12.8 Å². The molecule has 0 atom stereocenters. The van der Waals surface area contributed by atoms with E-state index in [-0.39, 0.29) is 12.8 Å². The van der Waals surface area contributed by atoms with Crippen molar-refractivity contribution in [1.29, 1.82) is 0 Å². The predicted octanol–water partition coefficient (Wildman–Crippen LogP) is 4.03. The van der Waals surface area contributed by atoms with Crippen molar-refractivity contribution in [2.45, 2.75) is 59.3 Å². The van der Waals surface area contributed by atoms with Crippen LogP contribution in [0.5, 0.6) is 0 Å². The van der Waals surface area contributed by atoms with E-state index in [1.165, 1.54) is 15.3 Å². The Bertz CT molecular complexity index is 488. The average Bonchev–Trinajstić information content (AvgIpc) is 2.66. The van der Waals surface area contributed by atoms with Crippen LogP contribution in [0.4, 0.5) is 0 Å². The van der Waals surface area contributed by atoms with Crippen molar-refractivity contribution in [3.63, 3.8) is 0 Å². The maximum absolute atomic E-state index is 11.1. The molecule has 0 saturated heterocycles. The largest absolute Gasteiger partial charge is 0.481 e. The number of carbonyl (C=O) groups is 2. The van der Waals surface area contributed by atoms with E-state index in [0.717, 1.165) is 12.8 Å². The van der Waals surface area contributed by atoms with E-state index in [2.05, 4.69) is 19.9 Å². The lowest BCUT2D eigenvalue weighted by molar-refractivity contribution is -0.144. The van der Waals surface area contributed by atoms with E-state index in [1.807, 2.05) is 6.92 Å². The van der Waals surface area contributed by atoms with Gasteiger partial charge in [-0.3, -0.25) is 9.59 Å². The molecule has 1 aromatic rings. The van der Waals surface area contributed by atoms with Crippen LogP contribution in [0.2, 0.25) is 0 Å². The zero-order chi connectivity index (χ0) is 16.0. The molecule has 1 rings (SSSR count). The predicted molar refractivity (Wildman–Crippen MR) is 84.0 cm³/mol. The molecule has 0 aromatic carbocycles. The van der Waals surface area contributed by atoms with Gasteiger partial charge in [-0.05, 0) is 56.6 Å². The lowest BCUT2D eigenvalue weighted by atomic mass is 9.74. The Labute approximate surface area is 129 Å². The van der Waals surface area contributed by atoms with Gasteiger partial charge in [0.2, 0.25) is 0 Å². The van der Waals surface area contributed by atoms with Crippen LogP contribution >= 0.6 is 11.3 Å². The molecule has 0 aliphatic carbocycles. The molecule has 2 N–H and O–H groups in total. The number of hydrogen-bond acceptors (Lipinski definition) is 3. The third kappa shape index (κ3) is 5.50. The summed E-state index contributed by atoms with van der Waals surface area (Å²) < 4.78 is 0. The fourth-order valence-electron chi connectivity index (χ4n) is 2.89. The zero-order valence-electron chi connectivity index (χ0n) is 12.9. The molecule has 21 heavy (non-hydrogen) atoms. The molecule has 0 unspecified atom stereocenters. The van der Waals surface area contributed by atoms with E-state index in [1.54, 1.807) is 11.3 Å². The van der Waals surface area contributed by atoms with Crippen molar-refractivity contribution >= 4 is 23.3 Å². The molecule has 1 heterocycles. The Balaban J connectivity index is 2.70. The third-order valence-corrected chi connectivity index (χ3v) is 5.11. The number of hydrogen-bond donors (Lipinski definition) is 2. The highest BCUT2D eigenvalue weighted by molar-refractivity contribution is 7.12. The van der Waals surface area contributed by atoms with E-state index in [4.69, 9.17) is 10.2 Å². The van der Waals surface area contributed by atoms with Gasteiger partial charge in [-0.15, -0.1) is 11.3 Å². The van der Waals surface area contributed by atoms with Crippen molar-refractivity contribution in [2.75, 3.05) is 0 Å². The van der Waals surface area contributed by atoms with Gasteiger partial charge >= 0.3 is 11.9 Å². The maximum atomic E-state index is 11.1. The van der Waals surface area contributed by atoms with E-state index < -0.39 is 17.4 Å². The summed E-state index contributed by atoms with van der Waals surface area (Å²) in [6, 6.07) is 2.17. The van der Waals surface area contributed by atoms with E-state index >= 15 is 0 Å². The van der Waals surface area contributed by atoms with Crippen LogP contribution in [0.15, 0.2) is 6.07 Å². The number of thiophene rings is 1. The van der Waals surface area contributed by atoms with Gasteiger partial charge in [-0.2, -0.15) is 0 Å². The lowest BCUT2D eigenvalue weighted by Gasteiger charge is -2.29. The molecule has 118 valence electrons. The van der Waals surface area contributed by atoms with Crippen LogP contribution in [-0.2, 0) is 16.0 Å². The molecule has 0 spiro atoms. The Morgan fingerprint density at radius 2 is 1.76 bits per heavy atom. The average molecular weight is 312 g/mol. The summed E-state index contributed by atoms with van der Waals surface area (Å²) in [6.07, 6.45) is 2.78. The summed E-state index contributed by atoms with van der Waals surface area (Å²) >= 11 is 1.77. The Kier molecular flexibility index (Phi) is 6.40. The number of rotatable bonds is 9. The number of aliphatic carboxylic acids is 2. The first-order valence-electron chi connectivity index (χ1n) is 7.27. The van der Waals surface area contributed by atoms with Crippen molar-refractivity contribution in [3.8, 4) is 0 Å². The quantitative estimate of drug-likeness (QED) is 0.722. The smallest absolute Gasteiger partial charge is 0.303 e. The molecule has 0 radical (unpaired) electrons. The second-order valence-corrected chi connectivity index (χ2v) is 7.25. The summed E-state index contributed by atoms with van der Waals surface area (Å²) in [6.45, 7) is 6.05. The molecule has 1 aromatic heterocycles. The molecule has 0 amide bonds. The standard InChI is InChI=1S/C16H24O4S/c1-4-16(9-14(17)18,10-15(19)20)7-5-6-13-8-11(2)21-12(13)3/h8H,4-7,9-10H2,1-3H3,(H,17,18)(H,19,20). The summed E-state index contributed by atoms with van der Waals surface area (Å²) in [5.74, 6) is -1.83. The minimum absolute atomic E-state index is 0.0720. The van der Waals surface area contributed by atoms with Crippen LogP contribution in [-0.4, -0.2) is 22.2 Å². The van der Waals surface area contributed by atoms with Crippen molar-refractivity contribution in [3.05, 3.63) is 21.4 Å². The van der Waals surface area contributed by atoms with Crippen molar-refractivity contribution in [2.24, 2.45) is 5.41 Å².